The van der Waals surface area contributed by atoms with E-state index in [9.17, 15) is 4.79 Å². The highest BCUT2D eigenvalue weighted by molar-refractivity contribution is 5.57. The van der Waals surface area contributed by atoms with E-state index in [1.165, 1.54) is 10.6 Å². The molecule has 0 saturated heterocycles. The van der Waals surface area contributed by atoms with Crippen molar-refractivity contribution in [3.05, 3.63) is 35.9 Å². The first-order chi connectivity index (χ1) is 7.24. The van der Waals surface area contributed by atoms with Crippen LogP contribution in [0, 0.1) is 0 Å². The van der Waals surface area contributed by atoms with Gasteiger partial charge in [-0.15, -0.1) is 0 Å². The number of nitrogens with two attached hydrogens (primary N) is 1. The van der Waals surface area contributed by atoms with Gasteiger partial charge >= 0.3 is 0 Å². The van der Waals surface area contributed by atoms with Gasteiger partial charge in [0.25, 0.3) is 0 Å². The third-order valence-electron chi connectivity index (χ3n) is 2.49. The van der Waals surface area contributed by atoms with Crippen LogP contribution in [0.5, 0.6) is 0 Å². The molecule has 0 saturated carbocycles. The summed E-state index contributed by atoms with van der Waals surface area (Å²) in [5.41, 5.74) is 1.31. The predicted octanol–water partition coefficient (Wildman–Crippen LogP) is 1.38. The number of aldehydes is 1. The van der Waals surface area contributed by atoms with E-state index in [0.29, 0.717) is 0 Å². The Hall–Kier alpha value is -1.19. The number of nitrogens with zero attached hydrogens (tertiary/aromatic N) is 1. The molecule has 0 fully saturated rings. The molecule has 0 aliphatic heterocycles. The van der Waals surface area contributed by atoms with Crippen molar-refractivity contribution in [2.24, 2.45) is 5.84 Å². The van der Waals surface area contributed by atoms with Gasteiger partial charge in [-0.1, -0.05) is 30.3 Å². The number of carbonyl (C=O) groups is 1. The van der Waals surface area contributed by atoms with Crippen LogP contribution in [0.25, 0.3) is 0 Å². The Morgan fingerprint density at radius 1 is 1.40 bits per heavy atom. The molecule has 0 aromatic heterocycles. The Kier molecular flexibility index (Phi) is 5.01. The minimum Gasteiger partial charge on any atom is -0.302 e. The summed E-state index contributed by atoms with van der Waals surface area (Å²) >= 11 is 0. The smallest absolute Gasteiger partial charge is 0.138 e. The zero-order valence-corrected chi connectivity index (χ0v) is 9.10. The van der Waals surface area contributed by atoms with Crippen LogP contribution >= 0.6 is 0 Å². The van der Waals surface area contributed by atoms with Gasteiger partial charge in [-0.2, -0.15) is 0 Å². The number of benzene rings is 1. The molecular weight excluding hydrogens is 188 g/mol. The lowest BCUT2D eigenvalue weighted by Crippen LogP contribution is -2.38. The summed E-state index contributed by atoms with van der Waals surface area (Å²) < 4.78 is 0. The molecular formula is C12H18N2O. The van der Waals surface area contributed by atoms with Gasteiger partial charge in [-0.05, 0) is 24.8 Å². The number of carbonyl (C=O) groups excluding carboxylic acids is 1. The Morgan fingerprint density at radius 3 is 2.60 bits per heavy atom. The maximum atomic E-state index is 10.7. The van der Waals surface area contributed by atoms with Crippen LogP contribution in [0.3, 0.4) is 0 Å². The van der Waals surface area contributed by atoms with Crippen LogP contribution in [0.15, 0.2) is 30.3 Å². The van der Waals surface area contributed by atoms with Crippen molar-refractivity contribution in [1.29, 1.82) is 0 Å². The van der Waals surface area contributed by atoms with Crippen molar-refractivity contribution < 1.29 is 4.79 Å². The van der Waals surface area contributed by atoms with Crippen LogP contribution < -0.4 is 5.84 Å². The molecule has 1 aromatic carbocycles. The molecule has 1 atom stereocenters. The molecule has 0 amide bonds. The average Bonchev–Trinajstić information content (AvgIpc) is 2.25. The molecule has 15 heavy (non-hydrogen) atoms. The van der Waals surface area contributed by atoms with Gasteiger partial charge in [0.15, 0.2) is 0 Å². The highest BCUT2D eigenvalue weighted by Gasteiger charge is 2.09. The number of likely N-dealkylation sites (N-methyl/N-ethyl adjacent to an activating group) is 1. The van der Waals surface area contributed by atoms with E-state index in [1.807, 2.05) is 18.2 Å². The molecule has 0 aliphatic carbocycles. The second kappa shape index (κ2) is 6.32. The lowest BCUT2D eigenvalue weighted by molar-refractivity contribution is -0.112. The molecule has 0 bridgehead atoms. The second-order valence-corrected chi connectivity index (χ2v) is 3.75. The molecule has 2 N–H and O–H groups in total. The fraction of sp³-hybridized carbons (Fsp3) is 0.417. The summed E-state index contributed by atoms with van der Waals surface area (Å²) in [6.45, 7) is 0. The molecule has 1 rings (SSSR count). The maximum absolute atomic E-state index is 10.7. The molecule has 0 spiro atoms. The largest absolute Gasteiger partial charge is 0.302 e. The SMILES string of the molecule is CN(N)C(C=O)CCCc1ccccc1. The van der Waals surface area contributed by atoms with Gasteiger partial charge in [0.1, 0.15) is 6.29 Å². The standard InChI is InChI=1S/C12H18N2O/c1-14(13)12(10-15)9-5-8-11-6-3-2-4-7-11/h2-4,6-7,10,12H,5,8-9,13H2,1H3. The lowest BCUT2D eigenvalue weighted by atomic mass is 10.1. The number of hydrazine groups is 1. The van der Waals surface area contributed by atoms with E-state index in [1.54, 1.807) is 7.05 Å². The van der Waals surface area contributed by atoms with Gasteiger partial charge in [-0.25, -0.2) is 5.01 Å². The molecule has 82 valence electrons. The maximum Gasteiger partial charge on any atom is 0.138 e. The van der Waals surface area contributed by atoms with E-state index in [2.05, 4.69) is 12.1 Å². The van der Waals surface area contributed by atoms with E-state index < -0.39 is 0 Å². The molecule has 0 aliphatic rings. The second-order valence-electron chi connectivity index (χ2n) is 3.75. The molecule has 1 unspecified atom stereocenters. The van der Waals surface area contributed by atoms with Gasteiger partial charge in [0, 0.05) is 7.05 Å². The van der Waals surface area contributed by atoms with Crippen molar-refractivity contribution in [2.75, 3.05) is 7.05 Å². The summed E-state index contributed by atoms with van der Waals surface area (Å²) in [7, 11) is 1.72. The van der Waals surface area contributed by atoms with Gasteiger partial charge in [0.05, 0.1) is 6.04 Å². The first kappa shape index (κ1) is 11.9. The van der Waals surface area contributed by atoms with Crippen LogP contribution in [-0.4, -0.2) is 24.4 Å². The molecule has 0 heterocycles. The van der Waals surface area contributed by atoms with Crippen LogP contribution in [0.4, 0.5) is 0 Å². The van der Waals surface area contributed by atoms with Crippen molar-refractivity contribution >= 4 is 6.29 Å². The van der Waals surface area contributed by atoms with Crippen molar-refractivity contribution in [3.63, 3.8) is 0 Å². The molecule has 1 aromatic rings. The van der Waals surface area contributed by atoms with E-state index >= 15 is 0 Å². The predicted molar refractivity (Wildman–Crippen MR) is 61.2 cm³/mol. The Balaban J connectivity index is 2.30. The first-order valence-electron chi connectivity index (χ1n) is 5.21. The lowest BCUT2D eigenvalue weighted by Gasteiger charge is -2.17. The summed E-state index contributed by atoms with van der Waals surface area (Å²) in [4.78, 5) is 10.7. The van der Waals surface area contributed by atoms with E-state index in [4.69, 9.17) is 5.84 Å². The fourth-order valence-corrected chi connectivity index (χ4v) is 1.53. The normalized spacial score (nSPS) is 12.7. The zero-order chi connectivity index (χ0) is 11.1. The van der Waals surface area contributed by atoms with E-state index in [-0.39, 0.29) is 6.04 Å². The minimum atomic E-state index is -0.159. The van der Waals surface area contributed by atoms with Crippen molar-refractivity contribution in [3.8, 4) is 0 Å². The third-order valence-corrected chi connectivity index (χ3v) is 2.49. The third kappa shape index (κ3) is 4.23. The van der Waals surface area contributed by atoms with Crippen molar-refractivity contribution in [1.82, 2.24) is 5.01 Å². The zero-order valence-electron chi connectivity index (χ0n) is 9.10. The fourth-order valence-electron chi connectivity index (χ4n) is 1.53. The Labute approximate surface area is 90.9 Å². The highest BCUT2D eigenvalue weighted by Crippen LogP contribution is 2.07. The van der Waals surface area contributed by atoms with Gasteiger partial charge in [-0.3, -0.25) is 5.84 Å². The summed E-state index contributed by atoms with van der Waals surface area (Å²) in [6.07, 6.45) is 3.70. The number of hydrogen-bond donors (Lipinski definition) is 1. The topological polar surface area (TPSA) is 46.3 Å². The summed E-state index contributed by atoms with van der Waals surface area (Å²) in [5, 5.41) is 1.47. The monoisotopic (exact) mass is 206 g/mol. The number of rotatable bonds is 6. The number of aryl methyl sites for hydroxylation is 1. The average molecular weight is 206 g/mol. The Bertz CT molecular complexity index is 285. The number of hydrogen-bond acceptors (Lipinski definition) is 3. The summed E-state index contributed by atoms with van der Waals surface area (Å²) in [6, 6.07) is 10.1. The molecule has 3 heteroatoms. The van der Waals surface area contributed by atoms with Crippen LogP contribution in [0.2, 0.25) is 0 Å². The van der Waals surface area contributed by atoms with Gasteiger partial charge in [0.2, 0.25) is 0 Å². The quantitative estimate of drug-likeness (QED) is 0.434. The molecule has 3 nitrogen and oxygen atoms in total. The molecule has 0 radical (unpaired) electrons. The summed E-state index contributed by atoms with van der Waals surface area (Å²) in [5.74, 6) is 5.53. The van der Waals surface area contributed by atoms with Gasteiger partial charge < -0.3 is 4.79 Å². The van der Waals surface area contributed by atoms with E-state index in [0.717, 1.165) is 25.5 Å². The Morgan fingerprint density at radius 2 is 2.07 bits per heavy atom. The van der Waals surface area contributed by atoms with Crippen LogP contribution in [-0.2, 0) is 11.2 Å². The van der Waals surface area contributed by atoms with Crippen LogP contribution in [0.1, 0.15) is 18.4 Å². The van der Waals surface area contributed by atoms with Crippen molar-refractivity contribution in [2.45, 2.75) is 25.3 Å². The minimum absolute atomic E-state index is 0.159. The first-order valence-corrected chi connectivity index (χ1v) is 5.21. The highest BCUT2D eigenvalue weighted by atomic mass is 16.1.